The van der Waals surface area contributed by atoms with E-state index in [2.05, 4.69) is 13.8 Å². The van der Waals surface area contributed by atoms with Crippen molar-refractivity contribution in [2.45, 2.75) is 104 Å². The molecule has 4 N–H and O–H groups in total. The van der Waals surface area contributed by atoms with Crippen molar-refractivity contribution in [3.05, 3.63) is 0 Å². The van der Waals surface area contributed by atoms with Gasteiger partial charge in [0.1, 0.15) is 11.2 Å². The third-order valence-electron chi connectivity index (χ3n) is 5.94. The van der Waals surface area contributed by atoms with Crippen molar-refractivity contribution in [1.82, 2.24) is 9.80 Å². The molecular formula is C24H48N4O4. The Hall–Kier alpha value is -1.54. The van der Waals surface area contributed by atoms with E-state index in [0.29, 0.717) is 24.9 Å². The molecule has 0 spiro atoms. The van der Waals surface area contributed by atoms with Gasteiger partial charge in [-0.3, -0.25) is 0 Å². The normalized spacial score (nSPS) is 26.7. The van der Waals surface area contributed by atoms with Crippen LogP contribution in [0.4, 0.5) is 9.59 Å². The van der Waals surface area contributed by atoms with Crippen molar-refractivity contribution in [3.63, 3.8) is 0 Å². The molecule has 0 saturated carbocycles. The molecule has 188 valence electrons. The molecule has 0 aromatic carbocycles. The minimum absolute atomic E-state index is 0.210. The van der Waals surface area contributed by atoms with Gasteiger partial charge in [0.2, 0.25) is 0 Å². The lowest BCUT2D eigenvalue weighted by Gasteiger charge is -2.37. The molecule has 0 radical (unpaired) electrons. The van der Waals surface area contributed by atoms with Crippen LogP contribution in [0.5, 0.6) is 0 Å². The van der Waals surface area contributed by atoms with Gasteiger partial charge in [0.05, 0.1) is 0 Å². The van der Waals surface area contributed by atoms with Crippen molar-refractivity contribution in [2.75, 3.05) is 26.2 Å². The average Bonchev–Trinajstić information content (AvgIpc) is 2.66. The van der Waals surface area contributed by atoms with Crippen molar-refractivity contribution in [1.29, 1.82) is 0 Å². The van der Waals surface area contributed by atoms with Crippen LogP contribution in [0, 0.1) is 11.8 Å². The molecule has 2 fully saturated rings. The monoisotopic (exact) mass is 456 g/mol. The highest BCUT2D eigenvalue weighted by Crippen LogP contribution is 2.21. The molecule has 4 atom stereocenters. The molecule has 0 aromatic heterocycles. The second-order valence-corrected chi connectivity index (χ2v) is 11.1. The maximum absolute atomic E-state index is 11.8. The summed E-state index contributed by atoms with van der Waals surface area (Å²) >= 11 is 0. The number of nitrogens with zero attached hydrogens (tertiary/aromatic N) is 2. The molecule has 0 bridgehead atoms. The van der Waals surface area contributed by atoms with Crippen molar-refractivity contribution in [3.8, 4) is 0 Å². The van der Waals surface area contributed by atoms with E-state index < -0.39 is 11.2 Å². The van der Waals surface area contributed by atoms with Crippen molar-refractivity contribution >= 4 is 12.2 Å². The first-order valence-corrected chi connectivity index (χ1v) is 12.1. The van der Waals surface area contributed by atoms with Gasteiger partial charge in [-0.05, 0) is 66.2 Å². The second kappa shape index (κ2) is 12.1. The third-order valence-corrected chi connectivity index (χ3v) is 5.94. The largest absolute Gasteiger partial charge is 0.444 e. The smallest absolute Gasteiger partial charge is 0.410 e. The van der Waals surface area contributed by atoms with Gasteiger partial charge >= 0.3 is 12.2 Å². The quantitative estimate of drug-likeness (QED) is 0.650. The zero-order valence-corrected chi connectivity index (χ0v) is 21.6. The molecule has 0 aliphatic carbocycles. The lowest BCUT2D eigenvalue weighted by Crippen LogP contribution is -2.50. The van der Waals surface area contributed by atoms with Crippen LogP contribution in [0.3, 0.4) is 0 Å². The Labute approximate surface area is 195 Å². The first-order chi connectivity index (χ1) is 14.7. The molecule has 8 nitrogen and oxygen atoms in total. The maximum atomic E-state index is 11.8. The van der Waals surface area contributed by atoms with E-state index in [1.807, 2.05) is 41.5 Å². The number of carbonyl (C=O) groups is 2. The van der Waals surface area contributed by atoms with Crippen molar-refractivity contribution in [2.24, 2.45) is 23.3 Å². The summed E-state index contributed by atoms with van der Waals surface area (Å²) in [5.41, 5.74) is 11.2. The Balaban J connectivity index is 0.000000320. The summed E-state index contributed by atoms with van der Waals surface area (Å²) in [4.78, 5) is 27.3. The average molecular weight is 457 g/mol. The lowest BCUT2D eigenvalue weighted by atomic mass is 9.91. The Kier molecular flexibility index (Phi) is 10.7. The number of rotatable bonds is 2. The summed E-state index contributed by atoms with van der Waals surface area (Å²) < 4.78 is 10.7. The van der Waals surface area contributed by atoms with E-state index >= 15 is 0 Å². The van der Waals surface area contributed by atoms with E-state index in [-0.39, 0.29) is 24.3 Å². The summed E-state index contributed by atoms with van der Waals surface area (Å²) in [7, 11) is 0. The molecule has 2 saturated heterocycles. The molecule has 2 amide bonds. The fourth-order valence-electron chi connectivity index (χ4n) is 3.95. The van der Waals surface area contributed by atoms with Gasteiger partial charge in [0, 0.05) is 38.3 Å². The molecule has 2 heterocycles. The lowest BCUT2D eigenvalue weighted by molar-refractivity contribution is 0.0136. The van der Waals surface area contributed by atoms with Gasteiger partial charge in [-0.15, -0.1) is 0 Å². The second-order valence-electron chi connectivity index (χ2n) is 11.1. The number of amides is 2. The van der Waals surface area contributed by atoms with Crippen LogP contribution in [0.1, 0.15) is 81.1 Å². The van der Waals surface area contributed by atoms with Gasteiger partial charge in [-0.25, -0.2) is 9.59 Å². The standard InChI is InChI=1S/2C12H24N2O2/c2*1-5-9-8-14(7-6-10(9)13)11(15)16-12(2,3)4/h2*9-10H,5-8,13H2,1-4H3/t2*9-,10-/m10/s1. The number of piperidine rings is 2. The highest BCUT2D eigenvalue weighted by atomic mass is 16.6. The van der Waals surface area contributed by atoms with Crippen LogP contribution in [-0.4, -0.2) is 71.5 Å². The molecular weight excluding hydrogens is 408 g/mol. The van der Waals surface area contributed by atoms with E-state index in [1.165, 1.54) is 0 Å². The van der Waals surface area contributed by atoms with E-state index in [0.717, 1.165) is 38.8 Å². The van der Waals surface area contributed by atoms with Crippen LogP contribution in [0.2, 0.25) is 0 Å². The predicted molar refractivity (Wildman–Crippen MR) is 128 cm³/mol. The van der Waals surface area contributed by atoms with Gasteiger partial charge in [0.25, 0.3) is 0 Å². The number of hydrogen-bond donors (Lipinski definition) is 2. The predicted octanol–water partition coefficient (Wildman–Crippen LogP) is 3.96. The highest BCUT2D eigenvalue weighted by molar-refractivity contribution is 5.68. The summed E-state index contributed by atoms with van der Waals surface area (Å²) in [6.45, 7) is 18.4. The van der Waals surface area contributed by atoms with E-state index in [9.17, 15) is 9.59 Å². The van der Waals surface area contributed by atoms with Crippen LogP contribution in [-0.2, 0) is 9.47 Å². The number of carbonyl (C=O) groups excluding carboxylic acids is 2. The number of ether oxygens (including phenoxy) is 2. The number of hydrogen-bond acceptors (Lipinski definition) is 6. The minimum atomic E-state index is -0.418. The molecule has 2 aliphatic heterocycles. The molecule has 32 heavy (non-hydrogen) atoms. The van der Waals surface area contributed by atoms with Crippen molar-refractivity contribution < 1.29 is 19.1 Å². The zero-order valence-electron chi connectivity index (χ0n) is 21.6. The maximum Gasteiger partial charge on any atom is 0.410 e. The Morgan fingerprint density at radius 2 is 1.06 bits per heavy atom. The van der Waals surface area contributed by atoms with Gasteiger partial charge in [-0.2, -0.15) is 0 Å². The Morgan fingerprint density at radius 1 is 0.750 bits per heavy atom. The SMILES string of the molecule is CC[C@@H]1CN(C(=O)OC(C)(C)C)CC[C@H]1N.CC[C@H]1CN(C(=O)OC(C)(C)C)CC[C@@H]1N. The van der Waals surface area contributed by atoms with Gasteiger partial charge in [-0.1, -0.05) is 26.7 Å². The van der Waals surface area contributed by atoms with E-state index in [4.69, 9.17) is 20.9 Å². The summed E-state index contributed by atoms with van der Waals surface area (Å²) in [6.07, 6.45) is 3.35. The zero-order chi connectivity index (χ0) is 24.7. The topological polar surface area (TPSA) is 111 Å². The molecule has 2 rings (SSSR count). The Morgan fingerprint density at radius 3 is 1.31 bits per heavy atom. The highest BCUT2D eigenvalue weighted by Gasteiger charge is 2.31. The first-order valence-electron chi connectivity index (χ1n) is 12.1. The molecule has 2 aliphatic rings. The fourth-order valence-corrected chi connectivity index (χ4v) is 3.95. The summed E-state index contributed by atoms with van der Waals surface area (Å²) in [5, 5.41) is 0. The summed E-state index contributed by atoms with van der Waals surface area (Å²) in [5.74, 6) is 0.808. The third kappa shape index (κ3) is 9.94. The van der Waals surface area contributed by atoms with Crippen LogP contribution < -0.4 is 11.5 Å². The Bertz CT molecular complexity index is 548. The van der Waals surface area contributed by atoms with Crippen LogP contribution in [0.25, 0.3) is 0 Å². The number of nitrogens with two attached hydrogens (primary N) is 2. The molecule has 0 aromatic rings. The minimum Gasteiger partial charge on any atom is -0.444 e. The fraction of sp³-hybridized carbons (Fsp3) is 0.917. The van der Waals surface area contributed by atoms with Gasteiger partial charge in [0.15, 0.2) is 0 Å². The molecule has 0 unspecified atom stereocenters. The van der Waals surface area contributed by atoms with Crippen LogP contribution >= 0.6 is 0 Å². The number of likely N-dealkylation sites (tertiary alicyclic amines) is 2. The summed E-state index contributed by atoms with van der Waals surface area (Å²) in [6, 6.07) is 0.451. The first kappa shape index (κ1) is 28.5. The van der Waals surface area contributed by atoms with Gasteiger partial charge < -0.3 is 30.7 Å². The van der Waals surface area contributed by atoms with Crippen LogP contribution in [0.15, 0.2) is 0 Å². The van der Waals surface area contributed by atoms with E-state index in [1.54, 1.807) is 9.80 Å². The molecule has 8 heteroatoms.